The minimum atomic E-state index is -0.496. The number of aliphatic hydroxyl groups is 1. The molecule has 0 aliphatic carbocycles. The highest BCUT2D eigenvalue weighted by Crippen LogP contribution is 2.17. The van der Waals surface area contributed by atoms with E-state index in [-0.39, 0.29) is 18.6 Å². The maximum Gasteiger partial charge on any atom is 0.315 e. The molecule has 0 saturated carbocycles. The molecule has 1 heterocycles. The normalized spacial score (nSPS) is 17.7. The fourth-order valence-electron chi connectivity index (χ4n) is 3.19. The molecule has 2 atom stereocenters. The number of benzene rings is 1. The Hall–Kier alpha value is -1.59. The van der Waals surface area contributed by atoms with Crippen molar-refractivity contribution in [1.82, 2.24) is 15.5 Å². The predicted octanol–water partition coefficient (Wildman–Crippen LogP) is 2.53. The van der Waals surface area contributed by atoms with E-state index in [9.17, 15) is 9.90 Å². The third kappa shape index (κ3) is 6.49. The minimum Gasteiger partial charge on any atom is -0.391 e. The van der Waals surface area contributed by atoms with Gasteiger partial charge in [0.05, 0.1) is 12.1 Å². The molecule has 0 bridgehead atoms. The van der Waals surface area contributed by atoms with Crippen LogP contribution in [0.15, 0.2) is 30.3 Å². The van der Waals surface area contributed by atoms with Crippen LogP contribution in [0.25, 0.3) is 0 Å². The molecule has 5 heteroatoms. The monoisotopic (exact) mass is 333 g/mol. The summed E-state index contributed by atoms with van der Waals surface area (Å²) >= 11 is 0. The second-order valence-corrected chi connectivity index (χ2v) is 7.11. The summed E-state index contributed by atoms with van der Waals surface area (Å²) in [5, 5.41) is 15.8. The standard InChI is InChI=1S/C19H31N3O2/c1-15(2)12-17(23)13-20-19(24)21-18(14-22-10-6-7-11-22)16-8-4-3-5-9-16/h3-5,8-9,15,17-18,23H,6-7,10-14H2,1-2H3,(H2,20,21,24). The number of urea groups is 1. The number of aliphatic hydroxyl groups excluding tert-OH is 1. The smallest absolute Gasteiger partial charge is 0.315 e. The zero-order valence-electron chi connectivity index (χ0n) is 14.9. The van der Waals surface area contributed by atoms with Gasteiger partial charge >= 0.3 is 6.03 Å². The molecule has 1 aliphatic rings. The lowest BCUT2D eigenvalue weighted by atomic mass is 10.1. The van der Waals surface area contributed by atoms with Crippen LogP contribution in [-0.2, 0) is 0 Å². The molecule has 24 heavy (non-hydrogen) atoms. The van der Waals surface area contributed by atoms with Crippen LogP contribution >= 0.6 is 0 Å². The molecule has 1 saturated heterocycles. The van der Waals surface area contributed by atoms with Crippen molar-refractivity contribution in [3.05, 3.63) is 35.9 Å². The molecule has 1 aliphatic heterocycles. The molecular formula is C19H31N3O2. The van der Waals surface area contributed by atoms with Crippen LogP contribution in [0.1, 0.15) is 44.7 Å². The molecule has 2 rings (SSSR count). The zero-order chi connectivity index (χ0) is 17.4. The van der Waals surface area contributed by atoms with Gasteiger partial charge in [-0.3, -0.25) is 0 Å². The summed E-state index contributed by atoms with van der Waals surface area (Å²) in [4.78, 5) is 14.6. The lowest BCUT2D eigenvalue weighted by Crippen LogP contribution is -2.44. The number of likely N-dealkylation sites (tertiary alicyclic amines) is 1. The maximum atomic E-state index is 12.2. The third-order valence-corrected chi connectivity index (χ3v) is 4.39. The Morgan fingerprint density at radius 3 is 2.50 bits per heavy atom. The van der Waals surface area contributed by atoms with Crippen molar-refractivity contribution in [3.63, 3.8) is 0 Å². The fraction of sp³-hybridized carbons (Fsp3) is 0.632. The molecule has 5 nitrogen and oxygen atoms in total. The number of amides is 2. The lowest BCUT2D eigenvalue weighted by Gasteiger charge is -2.25. The molecule has 2 amide bonds. The SMILES string of the molecule is CC(C)CC(O)CNC(=O)NC(CN1CCCC1)c1ccccc1. The van der Waals surface area contributed by atoms with Gasteiger partial charge in [0.25, 0.3) is 0 Å². The summed E-state index contributed by atoms with van der Waals surface area (Å²) < 4.78 is 0. The Morgan fingerprint density at radius 2 is 1.88 bits per heavy atom. The summed E-state index contributed by atoms with van der Waals surface area (Å²) in [6, 6.07) is 9.83. The second-order valence-electron chi connectivity index (χ2n) is 7.11. The molecule has 2 unspecified atom stereocenters. The van der Waals surface area contributed by atoms with Gasteiger partial charge in [0, 0.05) is 13.1 Å². The molecule has 0 spiro atoms. The van der Waals surface area contributed by atoms with Crippen LogP contribution < -0.4 is 10.6 Å². The first-order valence-corrected chi connectivity index (χ1v) is 9.04. The van der Waals surface area contributed by atoms with Crippen molar-refractivity contribution in [3.8, 4) is 0 Å². The van der Waals surface area contributed by atoms with Crippen molar-refractivity contribution in [2.45, 2.75) is 45.3 Å². The molecule has 1 fully saturated rings. The fourth-order valence-corrected chi connectivity index (χ4v) is 3.19. The van der Waals surface area contributed by atoms with Gasteiger partial charge in [0.15, 0.2) is 0 Å². The van der Waals surface area contributed by atoms with E-state index < -0.39 is 6.10 Å². The van der Waals surface area contributed by atoms with Crippen LogP contribution in [0.4, 0.5) is 4.79 Å². The van der Waals surface area contributed by atoms with Crippen LogP contribution in [0, 0.1) is 5.92 Å². The largest absolute Gasteiger partial charge is 0.391 e. The Bertz CT molecular complexity index is 487. The first kappa shape index (κ1) is 18.7. The van der Waals surface area contributed by atoms with Crippen LogP contribution in [0.5, 0.6) is 0 Å². The highest BCUT2D eigenvalue weighted by atomic mass is 16.3. The first-order valence-electron chi connectivity index (χ1n) is 9.04. The predicted molar refractivity (Wildman–Crippen MR) is 96.9 cm³/mol. The highest BCUT2D eigenvalue weighted by molar-refractivity contribution is 5.74. The van der Waals surface area contributed by atoms with E-state index in [0.29, 0.717) is 12.3 Å². The average molecular weight is 333 g/mol. The first-order chi connectivity index (χ1) is 11.5. The summed E-state index contributed by atoms with van der Waals surface area (Å²) in [5.74, 6) is 0.414. The van der Waals surface area contributed by atoms with Crippen molar-refractivity contribution in [2.75, 3.05) is 26.2 Å². The Balaban J connectivity index is 1.88. The van der Waals surface area contributed by atoms with Gasteiger partial charge in [0.2, 0.25) is 0 Å². The Labute approximate surface area is 145 Å². The lowest BCUT2D eigenvalue weighted by molar-refractivity contribution is 0.146. The Kier molecular flexibility index (Phi) is 7.53. The second kappa shape index (κ2) is 9.64. The molecular weight excluding hydrogens is 302 g/mol. The summed E-state index contributed by atoms with van der Waals surface area (Å²) in [7, 11) is 0. The van der Waals surface area contributed by atoms with Gasteiger partial charge in [-0.1, -0.05) is 44.2 Å². The quantitative estimate of drug-likeness (QED) is 0.685. The van der Waals surface area contributed by atoms with E-state index in [1.165, 1.54) is 12.8 Å². The van der Waals surface area contributed by atoms with Gasteiger partial charge in [-0.25, -0.2) is 4.79 Å². The summed E-state index contributed by atoms with van der Waals surface area (Å²) in [6.45, 7) is 7.43. The number of carbonyl (C=O) groups is 1. The average Bonchev–Trinajstić information content (AvgIpc) is 3.06. The van der Waals surface area contributed by atoms with E-state index >= 15 is 0 Å². The number of hydrogen-bond donors (Lipinski definition) is 3. The van der Waals surface area contributed by atoms with Crippen LogP contribution in [0.3, 0.4) is 0 Å². The van der Waals surface area contributed by atoms with Gasteiger partial charge in [-0.05, 0) is 43.8 Å². The van der Waals surface area contributed by atoms with Crippen molar-refractivity contribution in [2.24, 2.45) is 5.92 Å². The molecule has 1 aromatic carbocycles. The van der Waals surface area contributed by atoms with Crippen molar-refractivity contribution >= 4 is 6.03 Å². The summed E-state index contributed by atoms with van der Waals surface area (Å²) in [5.41, 5.74) is 1.11. The van der Waals surface area contributed by atoms with Crippen LogP contribution in [-0.4, -0.2) is 48.3 Å². The molecule has 0 radical (unpaired) electrons. The maximum absolute atomic E-state index is 12.2. The van der Waals surface area contributed by atoms with Gasteiger partial charge in [-0.2, -0.15) is 0 Å². The minimum absolute atomic E-state index is 0.0356. The van der Waals surface area contributed by atoms with Crippen LogP contribution in [0.2, 0.25) is 0 Å². The highest BCUT2D eigenvalue weighted by Gasteiger charge is 2.20. The topological polar surface area (TPSA) is 64.6 Å². The zero-order valence-corrected chi connectivity index (χ0v) is 14.9. The number of nitrogens with zero attached hydrogens (tertiary/aromatic N) is 1. The Morgan fingerprint density at radius 1 is 1.21 bits per heavy atom. The number of carbonyl (C=O) groups excluding carboxylic acids is 1. The number of hydrogen-bond acceptors (Lipinski definition) is 3. The van der Waals surface area contributed by atoms with E-state index in [4.69, 9.17) is 0 Å². The third-order valence-electron chi connectivity index (χ3n) is 4.39. The molecule has 0 aromatic heterocycles. The number of nitrogens with one attached hydrogen (secondary N) is 2. The molecule has 1 aromatic rings. The van der Waals surface area contributed by atoms with Crippen molar-refractivity contribution in [1.29, 1.82) is 0 Å². The van der Waals surface area contributed by atoms with Crippen molar-refractivity contribution < 1.29 is 9.90 Å². The van der Waals surface area contributed by atoms with Gasteiger partial charge in [0.1, 0.15) is 0 Å². The molecule has 3 N–H and O–H groups in total. The van der Waals surface area contributed by atoms with Gasteiger partial charge in [-0.15, -0.1) is 0 Å². The van der Waals surface area contributed by atoms with E-state index in [1.807, 2.05) is 18.2 Å². The van der Waals surface area contributed by atoms with E-state index in [0.717, 1.165) is 25.2 Å². The summed E-state index contributed by atoms with van der Waals surface area (Å²) in [6.07, 6.45) is 2.66. The van der Waals surface area contributed by atoms with E-state index in [1.54, 1.807) is 0 Å². The van der Waals surface area contributed by atoms with Gasteiger partial charge < -0.3 is 20.6 Å². The molecule has 134 valence electrons. The number of rotatable bonds is 8. The van der Waals surface area contributed by atoms with E-state index in [2.05, 4.69) is 41.5 Å².